The Bertz CT molecular complexity index is 584. The topological polar surface area (TPSA) is 54.2 Å². The molecule has 0 spiro atoms. The second-order valence-corrected chi connectivity index (χ2v) is 5.47. The fraction of sp³-hybridized carbons (Fsp3) is 0.467. The summed E-state index contributed by atoms with van der Waals surface area (Å²) in [6.45, 7) is 3.82. The summed E-state index contributed by atoms with van der Waals surface area (Å²) in [5.41, 5.74) is 0.765. The number of hydrogen-bond donors (Lipinski definition) is 1. The molecule has 1 fully saturated rings. The van der Waals surface area contributed by atoms with Gasteiger partial charge in [0, 0.05) is 12.1 Å². The fourth-order valence-electron chi connectivity index (χ4n) is 2.74. The third-order valence-electron chi connectivity index (χ3n) is 3.79. The Morgan fingerprint density at radius 1 is 1.38 bits per heavy atom. The molecular formula is C15H19FN4O. The van der Waals surface area contributed by atoms with E-state index in [2.05, 4.69) is 20.4 Å². The van der Waals surface area contributed by atoms with Crippen LogP contribution in [0.1, 0.15) is 12.3 Å². The lowest BCUT2D eigenvalue weighted by atomic mass is 10.1. The molecule has 0 saturated carbocycles. The molecule has 1 aliphatic rings. The standard InChI is InChI=1S/C15H19FN4O/c1-17-8-11-6-7-20(9-11)10-14-18-15(19-21-14)12-2-4-13(16)5-3-12/h2-5,11,17H,6-10H2,1H3. The van der Waals surface area contributed by atoms with Gasteiger partial charge in [-0.25, -0.2) is 4.39 Å². The molecule has 21 heavy (non-hydrogen) atoms. The highest BCUT2D eigenvalue weighted by Gasteiger charge is 2.23. The summed E-state index contributed by atoms with van der Waals surface area (Å²) in [5.74, 6) is 1.54. The average molecular weight is 290 g/mol. The maximum absolute atomic E-state index is 12.9. The molecule has 2 aromatic rings. The molecule has 0 bridgehead atoms. The predicted octanol–water partition coefficient (Wildman–Crippen LogP) is 1.92. The minimum absolute atomic E-state index is 0.268. The van der Waals surface area contributed by atoms with Crippen LogP contribution in [0.4, 0.5) is 4.39 Å². The molecule has 0 radical (unpaired) electrons. The van der Waals surface area contributed by atoms with Crippen molar-refractivity contribution >= 4 is 0 Å². The summed E-state index contributed by atoms with van der Waals surface area (Å²) < 4.78 is 18.2. The highest BCUT2D eigenvalue weighted by atomic mass is 19.1. The van der Waals surface area contributed by atoms with Crippen molar-refractivity contribution in [2.75, 3.05) is 26.7 Å². The second-order valence-electron chi connectivity index (χ2n) is 5.47. The van der Waals surface area contributed by atoms with E-state index in [0.29, 0.717) is 24.2 Å². The first kappa shape index (κ1) is 14.2. The first-order valence-electron chi connectivity index (χ1n) is 7.20. The zero-order valence-electron chi connectivity index (χ0n) is 12.1. The minimum atomic E-state index is -0.268. The van der Waals surface area contributed by atoms with Gasteiger partial charge < -0.3 is 9.84 Å². The summed E-state index contributed by atoms with van der Waals surface area (Å²) in [6, 6.07) is 6.11. The maximum Gasteiger partial charge on any atom is 0.241 e. The van der Waals surface area contributed by atoms with Crippen molar-refractivity contribution in [2.45, 2.75) is 13.0 Å². The van der Waals surface area contributed by atoms with Crippen LogP contribution >= 0.6 is 0 Å². The lowest BCUT2D eigenvalue weighted by Gasteiger charge is -2.12. The summed E-state index contributed by atoms with van der Waals surface area (Å²) in [4.78, 5) is 6.71. The lowest BCUT2D eigenvalue weighted by Crippen LogP contribution is -2.24. The van der Waals surface area contributed by atoms with E-state index in [9.17, 15) is 4.39 Å². The minimum Gasteiger partial charge on any atom is -0.338 e. The van der Waals surface area contributed by atoms with Crippen LogP contribution in [0.15, 0.2) is 28.8 Å². The van der Waals surface area contributed by atoms with Gasteiger partial charge in [-0.1, -0.05) is 5.16 Å². The molecule has 1 unspecified atom stereocenters. The Labute approximate surface area is 123 Å². The summed E-state index contributed by atoms with van der Waals surface area (Å²) in [7, 11) is 1.98. The van der Waals surface area contributed by atoms with Crippen LogP contribution in [0.2, 0.25) is 0 Å². The number of nitrogens with zero attached hydrogens (tertiary/aromatic N) is 3. The van der Waals surface area contributed by atoms with Gasteiger partial charge in [0.15, 0.2) is 0 Å². The van der Waals surface area contributed by atoms with E-state index >= 15 is 0 Å². The van der Waals surface area contributed by atoms with Gasteiger partial charge >= 0.3 is 0 Å². The van der Waals surface area contributed by atoms with Gasteiger partial charge in [-0.2, -0.15) is 4.98 Å². The Balaban J connectivity index is 1.62. The zero-order chi connectivity index (χ0) is 14.7. The molecule has 1 aromatic heterocycles. The van der Waals surface area contributed by atoms with Gasteiger partial charge in [0.1, 0.15) is 5.82 Å². The van der Waals surface area contributed by atoms with E-state index in [1.165, 1.54) is 18.6 Å². The SMILES string of the molecule is CNCC1CCN(Cc2nc(-c3ccc(F)cc3)no2)C1. The van der Waals surface area contributed by atoms with Crippen LogP contribution in [0, 0.1) is 11.7 Å². The Hall–Kier alpha value is -1.79. The van der Waals surface area contributed by atoms with E-state index in [1.807, 2.05) is 7.05 Å². The maximum atomic E-state index is 12.9. The van der Waals surface area contributed by atoms with E-state index in [4.69, 9.17) is 4.52 Å². The number of likely N-dealkylation sites (tertiary alicyclic amines) is 1. The number of hydrogen-bond acceptors (Lipinski definition) is 5. The van der Waals surface area contributed by atoms with Crippen molar-refractivity contribution in [3.05, 3.63) is 36.0 Å². The van der Waals surface area contributed by atoms with Gasteiger partial charge in [-0.15, -0.1) is 0 Å². The lowest BCUT2D eigenvalue weighted by molar-refractivity contribution is 0.260. The van der Waals surface area contributed by atoms with Crippen molar-refractivity contribution < 1.29 is 8.91 Å². The van der Waals surface area contributed by atoms with Crippen molar-refractivity contribution in [1.29, 1.82) is 0 Å². The summed E-state index contributed by atoms with van der Waals surface area (Å²) in [5, 5.41) is 7.18. The largest absolute Gasteiger partial charge is 0.338 e. The molecule has 3 rings (SSSR count). The molecule has 1 aliphatic heterocycles. The smallest absolute Gasteiger partial charge is 0.241 e. The molecule has 1 atom stereocenters. The molecule has 1 N–H and O–H groups in total. The van der Waals surface area contributed by atoms with E-state index in [0.717, 1.165) is 25.2 Å². The van der Waals surface area contributed by atoms with Crippen molar-refractivity contribution in [3.8, 4) is 11.4 Å². The molecule has 0 amide bonds. The van der Waals surface area contributed by atoms with Gasteiger partial charge in [-0.3, -0.25) is 4.90 Å². The molecule has 0 aliphatic carbocycles. The first-order valence-corrected chi connectivity index (χ1v) is 7.20. The Kier molecular flexibility index (Phi) is 4.26. The number of rotatable bonds is 5. The van der Waals surface area contributed by atoms with Gasteiger partial charge in [0.25, 0.3) is 0 Å². The van der Waals surface area contributed by atoms with Crippen LogP contribution in [0.25, 0.3) is 11.4 Å². The van der Waals surface area contributed by atoms with Crippen LogP contribution < -0.4 is 5.32 Å². The predicted molar refractivity (Wildman–Crippen MR) is 77.0 cm³/mol. The van der Waals surface area contributed by atoms with Crippen LogP contribution in [-0.4, -0.2) is 41.7 Å². The fourth-order valence-corrected chi connectivity index (χ4v) is 2.74. The number of benzene rings is 1. The van der Waals surface area contributed by atoms with Crippen LogP contribution in [0.3, 0.4) is 0 Å². The number of nitrogens with one attached hydrogen (secondary N) is 1. The highest BCUT2D eigenvalue weighted by molar-refractivity contribution is 5.53. The van der Waals surface area contributed by atoms with Crippen molar-refractivity contribution in [1.82, 2.24) is 20.4 Å². The van der Waals surface area contributed by atoms with Crippen LogP contribution in [0.5, 0.6) is 0 Å². The third kappa shape index (κ3) is 3.46. The summed E-state index contributed by atoms with van der Waals surface area (Å²) >= 11 is 0. The van der Waals surface area contributed by atoms with Crippen molar-refractivity contribution in [2.24, 2.45) is 5.92 Å². The van der Waals surface area contributed by atoms with E-state index in [-0.39, 0.29) is 5.82 Å². The monoisotopic (exact) mass is 290 g/mol. The summed E-state index contributed by atoms with van der Waals surface area (Å²) in [6.07, 6.45) is 1.19. The molecule has 6 heteroatoms. The first-order chi connectivity index (χ1) is 10.2. The third-order valence-corrected chi connectivity index (χ3v) is 3.79. The van der Waals surface area contributed by atoms with Gasteiger partial charge in [0.2, 0.25) is 11.7 Å². The molecule has 1 saturated heterocycles. The average Bonchev–Trinajstić information content (AvgIpc) is 3.11. The molecule has 5 nitrogen and oxygen atoms in total. The number of halogens is 1. The molecule has 1 aromatic carbocycles. The molecule has 2 heterocycles. The quantitative estimate of drug-likeness (QED) is 0.911. The normalized spacial score (nSPS) is 19.2. The Morgan fingerprint density at radius 3 is 2.95 bits per heavy atom. The van der Waals surface area contributed by atoms with Crippen molar-refractivity contribution in [3.63, 3.8) is 0 Å². The van der Waals surface area contributed by atoms with E-state index in [1.54, 1.807) is 12.1 Å². The molecular weight excluding hydrogens is 271 g/mol. The van der Waals surface area contributed by atoms with E-state index < -0.39 is 0 Å². The van der Waals surface area contributed by atoms with Crippen LogP contribution in [-0.2, 0) is 6.54 Å². The second kappa shape index (κ2) is 6.32. The zero-order valence-corrected chi connectivity index (χ0v) is 12.1. The number of aromatic nitrogens is 2. The van der Waals surface area contributed by atoms with Gasteiger partial charge in [-0.05, 0) is 56.7 Å². The Morgan fingerprint density at radius 2 is 2.19 bits per heavy atom. The molecule has 112 valence electrons. The highest BCUT2D eigenvalue weighted by Crippen LogP contribution is 2.20. The van der Waals surface area contributed by atoms with Gasteiger partial charge in [0.05, 0.1) is 6.54 Å².